The molecule has 3 aromatic rings. The summed E-state index contributed by atoms with van der Waals surface area (Å²) in [5, 5.41) is 10.7. The van der Waals surface area contributed by atoms with Crippen LogP contribution in [0.25, 0.3) is 16.3 Å². The summed E-state index contributed by atoms with van der Waals surface area (Å²) >= 11 is 1.36. The van der Waals surface area contributed by atoms with Crippen LogP contribution in [0, 0.1) is 10.1 Å². The number of nitrogens with zero attached hydrogens (tertiary/aromatic N) is 3. The fraction of sp³-hybridized carbons (Fsp3) is 0.158. The number of carbonyl (C=O) groups excluding carboxylic acids is 1. The topological polar surface area (TPSA) is 96.0 Å². The minimum Gasteiger partial charge on any atom is -0.493 e. The summed E-state index contributed by atoms with van der Waals surface area (Å²) in [6.45, 7) is 0. The van der Waals surface area contributed by atoms with Crippen molar-refractivity contribution in [1.82, 2.24) is 4.57 Å². The number of thiazole rings is 1. The molecule has 0 radical (unpaired) electrons. The van der Waals surface area contributed by atoms with Gasteiger partial charge in [-0.3, -0.25) is 14.9 Å². The second kappa shape index (κ2) is 8.05. The molecule has 1 heterocycles. The van der Waals surface area contributed by atoms with Gasteiger partial charge in [0.2, 0.25) is 0 Å². The number of aryl methyl sites for hydroxylation is 1. The number of hydrogen-bond donors (Lipinski definition) is 0. The third-order valence-corrected chi connectivity index (χ3v) is 5.14. The SMILES string of the molecule is COc1cc2sc(=NC(=O)C=Cc3ccc([N+](=O)[O-])cc3)n(C)c2cc1OC. The van der Waals surface area contributed by atoms with Gasteiger partial charge in [0.1, 0.15) is 0 Å². The van der Waals surface area contributed by atoms with Crippen molar-refractivity contribution in [2.45, 2.75) is 0 Å². The van der Waals surface area contributed by atoms with Gasteiger partial charge in [0.05, 0.1) is 29.4 Å². The normalized spacial score (nSPS) is 11.9. The van der Waals surface area contributed by atoms with Crippen LogP contribution >= 0.6 is 11.3 Å². The van der Waals surface area contributed by atoms with Crippen LogP contribution in [0.1, 0.15) is 5.56 Å². The van der Waals surface area contributed by atoms with E-state index >= 15 is 0 Å². The van der Waals surface area contributed by atoms with Crippen molar-refractivity contribution in [3.8, 4) is 11.5 Å². The zero-order valence-electron chi connectivity index (χ0n) is 15.4. The van der Waals surface area contributed by atoms with Crippen LogP contribution < -0.4 is 14.3 Å². The largest absolute Gasteiger partial charge is 0.493 e. The number of nitro benzene ring substituents is 1. The van der Waals surface area contributed by atoms with E-state index in [1.54, 1.807) is 37.0 Å². The molecule has 144 valence electrons. The van der Waals surface area contributed by atoms with Gasteiger partial charge in [0, 0.05) is 37.4 Å². The first-order valence-electron chi connectivity index (χ1n) is 8.15. The lowest BCUT2D eigenvalue weighted by atomic mass is 10.2. The second-order valence-corrected chi connectivity index (χ2v) is 6.76. The van der Waals surface area contributed by atoms with Crippen LogP contribution in [0.4, 0.5) is 5.69 Å². The number of rotatable bonds is 5. The van der Waals surface area contributed by atoms with Crippen molar-refractivity contribution in [3.63, 3.8) is 0 Å². The van der Waals surface area contributed by atoms with E-state index in [4.69, 9.17) is 9.47 Å². The van der Waals surface area contributed by atoms with Gasteiger partial charge in [0.15, 0.2) is 16.3 Å². The van der Waals surface area contributed by atoms with Crippen LogP contribution in [0.2, 0.25) is 0 Å². The molecule has 0 spiro atoms. The lowest BCUT2D eigenvalue weighted by molar-refractivity contribution is -0.384. The molecule has 0 aliphatic heterocycles. The Morgan fingerprint density at radius 2 is 1.82 bits per heavy atom. The summed E-state index contributed by atoms with van der Waals surface area (Å²) in [5.41, 5.74) is 1.54. The maximum Gasteiger partial charge on any atom is 0.272 e. The fourth-order valence-electron chi connectivity index (χ4n) is 2.57. The number of methoxy groups -OCH3 is 2. The van der Waals surface area contributed by atoms with Gasteiger partial charge in [0.25, 0.3) is 11.6 Å². The number of carbonyl (C=O) groups is 1. The Morgan fingerprint density at radius 1 is 1.18 bits per heavy atom. The molecule has 1 aromatic heterocycles. The molecule has 0 saturated carbocycles. The zero-order valence-corrected chi connectivity index (χ0v) is 16.2. The summed E-state index contributed by atoms with van der Waals surface area (Å²) in [7, 11) is 4.94. The number of amides is 1. The van der Waals surface area contributed by atoms with Crippen LogP contribution in [-0.2, 0) is 11.8 Å². The number of fused-ring (bicyclic) bond motifs is 1. The first kappa shape index (κ1) is 19.3. The van der Waals surface area contributed by atoms with E-state index in [0.717, 1.165) is 10.2 Å². The molecule has 0 aliphatic carbocycles. The molecule has 2 aromatic carbocycles. The molecule has 1 amide bonds. The Balaban J connectivity index is 1.89. The molecular formula is C19H17N3O5S. The highest BCUT2D eigenvalue weighted by molar-refractivity contribution is 7.16. The third-order valence-electron chi connectivity index (χ3n) is 4.04. The van der Waals surface area contributed by atoms with Crippen LogP contribution in [-0.4, -0.2) is 29.6 Å². The molecule has 28 heavy (non-hydrogen) atoms. The van der Waals surface area contributed by atoms with E-state index in [-0.39, 0.29) is 5.69 Å². The standard InChI is InChI=1S/C19H17N3O5S/c1-21-14-10-15(26-2)16(27-3)11-17(14)28-19(21)20-18(23)9-6-12-4-7-13(8-5-12)22(24)25/h4-11H,1-3H3. The number of hydrogen-bond acceptors (Lipinski definition) is 6. The van der Waals surface area contributed by atoms with Crippen molar-refractivity contribution in [1.29, 1.82) is 0 Å². The van der Waals surface area contributed by atoms with E-state index in [0.29, 0.717) is 21.9 Å². The van der Waals surface area contributed by atoms with Crippen LogP contribution in [0.5, 0.6) is 11.5 Å². The number of nitro groups is 1. The maximum absolute atomic E-state index is 12.2. The van der Waals surface area contributed by atoms with Crippen LogP contribution in [0.15, 0.2) is 47.5 Å². The molecule has 3 rings (SSSR count). The van der Waals surface area contributed by atoms with Crippen molar-refractivity contribution in [2.75, 3.05) is 14.2 Å². The molecule has 0 saturated heterocycles. The molecule has 0 unspecified atom stereocenters. The Morgan fingerprint density at radius 3 is 2.43 bits per heavy atom. The third kappa shape index (κ3) is 3.94. The average Bonchev–Trinajstić information content (AvgIpc) is 3.00. The predicted octanol–water partition coefficient (Wildman–Crippen LogP) is 3.31. The van der Waals surface area contributed by atoms with E-state index in [2.05, 4.69) is 4.99 Å². The molecule has 0 fully saturated rings. The number of benzene rings is 2. The zero-order chi connectivity index (χ0) is 20.3. The van der Waals surface area contributed by atoms with Gasteiger partial charge in [-0.15, -0.1) is 0 Å². The average molecular weight is 399 g/mol. The van der Waals surface area contributed by atoms with Crippen molar-refractivity contribution in [2.24, 2.45) is 12.0 Å². The summed E-state index contributed by atoms with van der Waals surface area (Å²) in [6, 6.07) is 9.58. The summed E-state index contributed by atoms with van der Waals surface area (Å²) in [5.74, 6) is 0.770. The highest BCUT2D eigenvalue weighted by Crippen LogP contribution is 2.33. The Bertz CT molecular complexity index is 1140. The van der Waals surface area contributed by atoms with Gasteiger partial charge in [-0.25, -0.2) is 0 Å². The Labute approximate surface area is 164 Å². The fourth-order valence-corrected chi connectivity index (χ4v) is 3.60. The second-order valence-electron chi connectivity index (χ2n) is 5.75. The van der Waals surface area contributed by atoms with Crippen molar-refractivity contribution in [3.05, 3.63) is 63.0 Å². The molecule has 0 N–H and O–H groups in total. The number of aromatic nitrogens is 1. The summed E-state index contributed by atoms with van der Waals surface area (Å²) in [6.07, 6.45) is 2.89. The lowest BCUT2D eigenvalue weighted by Gasteiger charge is -2.07. The lowest BCUT2D eigenvalue weighted by Crippen LogP contribution is -2.12. The Hall–Kier alpha value is -3.46. The van der Waals surface area contributed by atoms with E-state index in [9.17, 15) is 14.9 Å². The van der Waals surface area contributed by atoms with Gasteiger partial charge in [-0.05, 0) is 23.8 Å². The van der Waals surface area contributed by atoms with Gasteiger partial charge >= 0.3 is 0 Å². The number of non-ortho nitro benzene ring substituents is 1. The van der Waals surface area contributed by atoms with Gasteiger partial charge < -0.3 is 14.0 Å². The first-order valence-corrected chi connectivity index (χ1v) is 8.97. The van der Waals surface area contributed by atoms with Crippen molar-refractivity contribution < 1.29 is 19.2 Å². The highest BCUT2D eigenvalue weighted by atomic mass is 32.1. The van der Waals surface area contributed by atoms with Gasteiger partial charge in [-0.2, -0.15) is 4.99 Å². The van der Waals surface area contributed by atoms with E-state index in [1.165, 1.54) is 29.5 Å². The van der Waals surface area contributed by atoms with E-state index < -0.39 is 10.8 Å². The van der Waals surface area contributed by atoms with Crippen molar-refractivity contribution >= 4 is 39.2 Å². The van der Waals surface area contributed by atoms with Crippen LogP contribution in [0.3, 0.4) is 0 Å². The molecule has 9 heteroatoms. The predicted molar refractivity (Wildman–Crippen MR) is 107 cm³/mol. The first-order chi connectivity index (χ1) is 13.4. The smallest absolute Gasteiger partial charge is 0.272 e. The van der Waals surface area contributed by atoms with E-state index in [1.807, 2.05) is 19.2 Å². The summed E-state index contributed by atoms with van der Waals surface area (Å²) < 4.78 is 13.3. The minimum absolute atomic E-state index is 0.00341. The Kier molecular flexibility index (Phi) is 5.55. The summed E-state index contributed by atoms with van der Waals surface area (Å²) in [4.78, 5) is 27.1. The highest BCUT2D eigenvalue weighted by Gasteiger charge is 2.11. The molecule has 0 atom stereocenters. The minimum atomic E-state index is -0.473. The van der Waals surface area contributed by atoms with Gasteiger partial charge in [-0.1, -0.05) is 11.3 Å². The molecule has 0 bridgehead atoms. The molecular weight excluding hydrogens is 382 g/mol. The monoisotopic (exact) mass is 399 g/mol. The molecule has 0 aliphatic rings. The maximum atomic E-state index is 12.2. The quantitative estimate of drug-likeness (QED) is 0.373. The molecule has 8 nitrogen and oxygen atoms in total. The number of ether oxygens (including phenoxy) is 2.